The van der Waals surface area contributed by atoms with E-state index in [-0.39, 0.29) is 17.2 Å². The van der Waals surface area contributed by atoms with Gasteiger partial charge >= 0.3 is 5.70 Å². The quantitative estimate of drug-likeness (QED) is 0.257. The molecule has 1 rings (SSSR count). The molecule has 0 saturated heterocycles. The number of diazo groups is 1. The molecule has 0 aliphatic carbocycles. The third-order valence-corrected chi connectivity index (χ3v) is 3.29. The number of carbonyl (C=O) groups is 1. The molecule has 0 bridgehead atoms. The maximum absolute atomic E-state index is 11.6. The molecule has 0 aromatic heterocycles. The van der Waals surface area contributed by atoms with Gasteiger partial charge in [-0.3, -0.25) is 4.79 Å². The van der Waals surface area contributed by atoms with Gasteiger partial charge in [-0.2, -0.15) is 0 Å². The van der Waals surface area contributed by atoms with Crippen LogP contribution in [0.2, 0.25) is 0 Å². The molecule has 1 aromatic rings. The van der Waals surface area contributed by atoms with Crippen LogP contribution in [0.4, 0.5) is 0 Å². The van der Waals surface area contributed by atoms with Gasteiger partial charge < -0.3 is 5.11 Å². The van der Waals surface area contributed by atoms with E-state index < -0.39 is 0 Å². The van der Waals surface area contributed by atoms with Gasteiger partial charge in [0.25, 0.3) is 0 Å². The molecule has 0 atom stereocenters. The number of nitrogens with zero attached hydrogens (tertiary/aromatic N) is 2. The zero-order chi connectivity index (χ0) is 17.1. The van der Waals surface area contributed by atoms with E-state index in [9.17, 15) is 9.90 Å². The molecule has 0 saturated carbocycles. The Morgan fingerprint density at radius 1 is 1.39 bits per heavy atom. The third-order valence-electron chi connectivity index (χ3n) is 3.29. The number of ketones is 1. The Labute approximate surface area is 137 Å². The summed E-state index contributed by atoms with van der Waals surface area (Å²) in [4.78, 5) is 14.6. The molecule has 4 heteroatoms. The molecule has 118 valence electrons. The number of rotatable bonds is 7. The second-order valence-corrected chi connectivity index (χ2v) is 5.10. The number of Topliss-reactive ketones (excluding diaryl/α,β-unsaturated/α-hetero) is 1. The van der Waals surface area contributed by atoms with Gasteiger partial charge in [0.15, 0.2) is 4.98 Å². The van der Waals surface area contributed by atoms with Gasteiger partial charge in [-0.05, 0) is 25.0 Å². The Kier molecular flexibility index (Phi) is 7.89. The summed E-state index contributed by atoms with van der Waals surface area (Å²) < 4.78 is 0. The van der Waals surface area contributed by atoms with Crippen molar-refractivity contribution >= 4 is 11.5 Å². The predicted molar refractivity (Wildman–Crippen MR) is 91.9 cm³/mol. The van der Waals surface area contributed by atoms with Crippen LogP contribution < -0.4 is 0 Å². The van der Waals surface area contributed by atoms with Crippen LogP contribution in [0.25, 0.3) is 10.7 Å². The van der Waals surface area contributed by atoms with E-state index in [0.717, 1.165) is 12.8 Å². The fourth-order valence-corrected chi connectivity index (χ4v) is 1.97. The molecule has 0 spiro atoms. The fourth-order valence-electron chi connectivity index (χ4n) is 1.97. The minimum Gasteiger partial charge on any atom is -0.501 e. The second kappa shape index (κ2) is 9.97. The topological polar surface area (TPSA) is 65.4 Å². The van der Waals surface area contributed by atoms with Crippen molar-refractivity contribution in [3.63, 3.8) is 0 Å². The van der Waals surface area contributed by atoms with Crippen LogP contribution in [0.1, 0.15) is 50.2 Å². The molecule has 0 fully saturated rings. The molecule has 0 aliphatic heterocycles. The molecule has 0 heterocycles. The SMILES string of the molecule is C=CCCCC(=O)CCC#Cc1ccccc1/C(O)=C(\C)[N+]#N. The molecule has 0 radical (unpaired) electrons. The molecule has 1 aromatic carbocycles. The van der Waals surface area contributed by atoms with Crippen molar-refractivity contribution < 1.29 is 9.90 Å². The summed E-state index contributed by atoms with van der Waals surface area (Å²) in [6.07, 6.45) is 4.97. The summed E-state index contributed by atoms with van der Waals surface area (Å²) in [5.41, 5.74) is 1.26. The summed E-state index contributed by atoms with van der Waals surface area (Å²) in [6.45, 7) is 5.13. The predicted octanol–water partition coefficient (Wildman–Crippen LogP) is 4.84. The Morgan fingerprint density at radius 3 is 2.83 bits per heavy atom. The van der Waals surface area contributed by atoms with Crippen LogP contribution in [0.5, 0.6) is 0 Å². The Bertz CT molecular complexity index is 700. The van der Waals surface area contributed by atoms with Gasteiger partial charge in [0.1, 0.15) is 5.78 Å². The lowest BCUT2D eigenvalue weighted by atomic mass is 10.0. The molecule has 23 heavy (non-hydrogen) atoms. The first-order valence-electron chi connectivity index (χ1n) is 7.56. The lowest BCUT2D eigenvalue weighted by Gasteiger charge is -2.00. The number of unbranched alkanes of at least 4 members (excludes halogenated alkanes) is 1. The Morgan fingerprint density at radius 2 is 2.13 bits per heavy atom. The molecule has 0 amide bonds. The van der Waals surface area contributed by atoms with E-state index >= 15 is 0 Å². The summed E-state index contributed by atoms with van der Waals surface area (Å²) in [5.74, 6) is 6.01. The Hall–Kier alpha value is -2.85. The van der Waals surface area contributed by atoms with Crippen LogP contribution >= 0.6 is 0 Å². The first-order valence-corrected chi connectivity index (χ1v) is 7.56. The maximum atomic E-state index is 11.6. The van der Waals surface area contributed by atoms with Crippen LogP contribution in [0.15, 0.2) is 42.6 Å². The number of aliphatic hydroxyl groups is 1. The van der Waals surface area contributed by atoms with E-state index in [1.165, 1.54) is 6.92 Å². The Balaban J connectivity index is 2.72. The highest BCUT2D eigenvalue weighted by Gasteiger charge is 2.15. The van der Waals surface area contributed by atoms with E-state index in [2.05, 4.69) is 23.4 Å². The van der Waals surface area contributed by atoms with Crippen molar-refractivity contribution in [2.45, 2.75) is 39.0 Å². The highest BCUT2D eigenvalue weighted by Crippen LogP contribution is 2.20. The van der Waals surface area contributed by atoms with E-state index in [1.54, 1.807) is 18.2 Å². The number of benzene rings is 1. The normalized spacial score (nSPS) is 10.8. The number of allylic oxidation sites excluding steroid dienone is 2. The zero-order valence-corrected chi connectivity index (χ0v) is 13.4. The molecule has 1 N–H and O–H groups in total. The summed E-state index contributed by atoms with van der Waals surface area (Å²) in [7, 11) is 0. The highest BCUT2D eigenvalue weighted by atomic mass is 16.3. The van der Waals surface area contributed by atoms with Crippen molar-refractivity contribution in [3.8, 4) is 11.8 Å². The maximum Gasteiger partial charge on any atom is 0.400 e. The fraction of sp³-hybridized carbons (Fsp3) is 0.316. The van der Waals surface area contributed by atoms with Gasteiger partial charge in [0.2, 0.25) is 11.2 Å². The van der Waals surface area contributed by atoms with Crippen molar-refractivity contribution in [3.05, 3.63) is 58.7 Å². The van der Waals surface area contributed by atoms with Crippen LogP contribution in [0, 0.1) is 17.2 Å². The van der Waals surface area contributed by atoms with Crippen LogP contribution in [-0.4, -0.2) is 10.9 Å². The van der Waals surface area contributed by atoms with Crippen molar-refractivity contribution in [2.24, 2.45) is 0 Å². The van der Waals surface area contributed by atoms with E-state index in [4.69, 9.17) is 5.39 Å². The minimum absolute atomic E-state index is 0.113. The average Bonchev–Trinajstić information content (AvgIpc) is 2.58. The standard InChI is InChI=1S/C19H20N2O2/c1-3-4-5-12-17(22)13-8-6-10-16-11-7-9-14-18(16)19(23)15(2)21-20/h3,7,9,11,14H,1,4-5,8,12-13H2,2H3/p+1/b19-15-. The summed E-state index contributed by atoms with van der Waals surface area (Å²) >= 11 is 0. The molecule has 0 aliphatic rings. The van der Waals surface area contributed by atoms with Crippen molar-refractivity contribution in [1.82, 2.24) is 0 Å². The second-order valence-electron chi connectivity index (χ2n) is 5.10. The average molecular weight is 309 g/mol. The van der Waals surface area contributed by atoms with Gasteiger partial charge in [-0.15, -0.1) is 6.58 Å². The third kappa shape index (κ3) is 6.20. The highest BCUT2D eigenvalue weighted by molar-refractivity contribution is 5.78. The largest absolute Gasteiger partial charge is 0.501 e. The minimum atomic E-state index is -0.113. The summed E-state index contributed by atoms with van der Waals surface area (Å²) in [6, 6.07) is 7.06. The lowest BCUT2D eigenvalue weighted by Crippen LogP contribution is -1.96. The number of aliphatic hydroxyl groups excluding tert-OH is 1. The number of hydrogen-bond acceptors (Lipinski definition) is 3. The smallest absolute Gasteiger partial charge is 0.400 e. The summed E-state index contributed by atoms with van der Waals surface area (Å²) in [5, 5.41) is 18.8. The monoisotopic (exact) mass is 309 g/mol. The molecule has 0 unspecified atom stereocenters. The zero-order valence-electron chi connectivity index (χ0n) is 13.4. The van der Waals surface area contributed by atoms with Crippen molar-refractivity contribution in [1.29, 1.82) is 5.39 Å². The lowest BCUT2D eigenvalue weighted by molar-refractivity contribution is -0.119. The molecular weight excluding hydrogens is 288 g/mol. The molecule has 4 nitrogen and oxygen atoms in total. The van der Waals surface area contributed by atoms with Gasteiger partial charge in [-0.1, -0.05) is 30.0 Å². The van der Waals surface area contributed by atoms with Crippen LogP contribution in [0.3, 0.4) is 0 Å². The number of hydrogen-bond donors (Lipinski definition) is 1. The van der Waals surface area contributed by atoms with Gasteiger partial charge in [0.05, 0.1) is 0 Å². The number of carbonyl (C=O) groups excluding carboxylic acids is 1. The van der Waals surface area contributed by atoms with Gasteiger partial charge in [-0.25, -0.2) is 0 Å². The van der Waals surface area contributed by atoms with Crippen molar-refractivity contribution in [2.75, 3.05) is 0 Å². The molecular formula is C19H21N2O2+. The first-order chi connectivity index (χ1) is 11.1. The van der Waals surface area contributed by atoms with Gasteiger partial charge in [0, 0.05) is 37.3 Å². The van der Waals surface area contributed by atoms with Crippen LogP contribution in [-0.2, 0) is 4.79 Å². The van der Waals surface area contributed by atoms with E-state index in [0.29, 0.717) is 30.4 Å². The van der Waals surface area contributed by atoms with E-state index in [1.807, 2.05) is 12.1 Å². The first kappa shape index (κ1) is 18.2.